The van der Waals surface area contributed by atoms with Crippen molar-refractivity contribution in [3.8, 4) is 11.3 Å². The Bertz CT molecular complexity index is 885. The molecule has 0 aliphatic heterocycles. The van der Waals surface area contributed by atoms with Gasteiger partial charge in [-0.1, -0.05) is 50.2 Å². The molecule has 26 heavy (non-hydrogen) atoms. The van der Waals surface area contributed by atoms with E-state index >= 15 is 0 Å². The van der Waals surface area contributed by atoms with E-state index in [1.807, 2.05) is 42.5 Å². The summed E-state index contributed by atoms with van der Waals surface area (Å²) in [5, 5.41) is 3.17. The zero-order valence-electron chi connectivity index (χ0n) is 15.2. The molecule has 0 fully saturated rings. The molecule has 0 saturated heterocycles. The molecular formula is C22H24N4. The molecule has 132 valence electrons. The van der Waals surface area contributed by atoms with Gasteiger partial charge in [-0.15, -0.1) is 0 Å². The third-order valence-corrected chi connectivity index (χ3v) is 4.15. The minimum atomic E-state index is 0.411. The first-order valence-corrected chi connectivity index (χ1v) is 8.79. The van der Waals surface area contributed by atoms with Crippen molar-refractivity contribution in [3.63, 3.8) is 0 Å². The van der Waals surface area contributed by atoms with Crippen molar-refractivity contribution in [1.29, 1.82) is 0 Å². The topological polar surface area (TPSA) is 63.3 Å². The monoisotopic (exact) mass is 344 g/mol. The molecular weight excluding hydrogens is 320 g/mol. The number of aliphatic imine (C=N–C) groups is 1. The Morgan fingerprint density at radius 2 is 1.88 bits per heavy atom. The van der Waals surface area contributed by atoms with Crippen LogP contribution in [0.1, 0.15) is 30.9 Å². The van der Waals surface area contributed by atoms with Crippen LogP contribution in [0.3, 0.4) is 0 Å². The Kier molecular flexibility index (Phi) is 5.64. The van der Waals surface area contributed by atoms with Crippen LogP contribution in [0.5, 0.6) is 0 Å². The zero-order valence-corrected chi connectivity index (χ0v) is 15.2. The predicted octanol–water partition coefficient (Wildman–Crippen LogP) is 4.80. The SMILES string of the molecule is CC(C)c1cccc(NC(N)=NCc2cccc(-c3ccccn3)c2)c1. The molecule has 4 heteroatoms. The molecule has 4 nitrogen and oxygen atoms in total. The van der Waals surface area contributed by atoms with Crippen LogP contribution in [0.25, 0.3) is 11.3 Å². The third kappa shape index (κ3) is 4.70. The lowest BCUT2D eigenvalue weighted by Crippen LogP contribution is -2.22. The average molecular weight is 344 g/mol. The molecule has 0 spiro atoms. The number of nitrogens with one attached hydrogen (secondary N) is 1. The van der Waals surface area contributed by atoms with Crippen molar-refractivity contribution in [3.05, 3.63) is 84.1 Å². The molecule has 2 aromatic carbocycles. The van der Waals surface area contributed by atoms with Gasteiger partial charge in [-0.2, -0.15) is 0 Å². The van der Waals surface area contributed by atoms with Gasteiger partial charge >= 0.3 is 0 Å². The first-order valence-electron chi connectivity index (χ1n) is 8.79. The number of benzene rings is 2. The lowest BCUT2D eigenvalue weighted by Gasteiger charge is -2.10. The largest absolute Gasteiger partial charge is 0.370 e. The maximum atomic E-state index is 6.06. The summed E-state index contributed by atoms with van der Waals surface area (Å²) < 4.78 is 0. The minimum absolute atomic E-state index is 0.411. The van der Waals surface area contributed by atoms with Crippen LogP contribution in [-0.2, 0) is 6.54 Å². The molecule has 0 atom stereocenters. The average Bonchev–Trinajstić information content (AvgIpc) is 2.67. The zero-order chi connectivity index (χ0) is 18.4. The number of aromatic nitrogens is 1. The van der Waals surface area contributed by atoms with Gasteiger partial charge in [-0.3, -0.25) is 4.98 Å². The summed E-state index contributed by atoms with van der Waals surface area (Å²) >= 11 is 0. The van der Waals surface area contributed by atoms with E-state index in [0.29, 0.717) is 18.4 Å². The highest BCUT2D eigenvalue weighted by Crippen LogP contribution is 2.19. The van der Waals surface area contributed by atoms with Crippen LogP contribution in [0.15, 0.2) is 77.9 Å². The molecule has 3 N–H and O–H groups in total. The summed E-state index contributed by atoms with van der Waals surface area (Å²) in [5.41, 5.74) is 11.4. The van der Waals surface area contributed by atoms with Gasteiger partial charge in [0.15, 0.2) is 5.96 Å². The molecule has 0 aliphatic carbocycles. The summed E-state index contributed by atoms with van der Waals surface area (Å²) in [7, 11) is 0. The maximum Gasteiger partial charge on any atom is 0.193 e. The van der Waals surface area contributed by atoms with Gasteiger partial charge in [0.25, 0.3) is 0 Å². The molecule has 0 unspecified atom stereocenters. The van der Waals surface area contributed by atoms with Crippen molar-refractivity contribution >= 4 is 11.6 Å². The van der Waals surface area contributed by atoms with E-state index in [1.165, 1.54) is 5.56 Å². The van der Waals surface area contributed by atoms with E-state index in [2.05, 4.69) is 53.4 Å². The van der Waals surface area contributed by atoms with Crippen LogP contribution in [0, 0.1) is 0 Å². The van der Waals surface area contributed by atoms with Gasteiger partial charge in [0.1, 0.15) is 0 Å². The highest BCUT2D eigenvalue weighted by atomic mass is 15.1. The fraction of sp³-hybridized carbons (Fsp3) is 0.182. The third-order valence-electron chi connectivity index (χ3n) is 4.15. The standard InChI is InChI=1S/C22H24N4/c1-16(2)18-8-6-10-20(14-18)26-22(23)25-15-17-7-5-9-19(13-17)21-11-3-4-12-24-21/h3-14,16H,15H2,1-2H3,(H3,23,25,26). The van der Waals surface area contributed by atoms with Gasteiger partial charge in [-0.05, 0) is 47.4 Å². The molecule has 3 rings (SSSR count). The fourth-order valence-electron chi connectivity index (χ4n) is 2.70. The van der Waals surface area contributed by atoms with E-state index in [4.69, 9.17) is 5.73 Å². The summed E-state index contributed by atoms with van der Waals surface area (Å²) in [6.45, 7) is 4.86. The van der Waals surface area contributed by atoms with Crippen molar-refractivity contribution in [2.45, 2.75) is 26.3 Å². The fourth-order valence-corrected chi connectivity index (χ4v) is 2.70. The molecule has 0 aliphatic rings. The van der Waals surface area contributed by atoms with Crippen LogP contribution in [0.2, 0.25) is 0 Å². The van der Waals surface area contributed by atoms with Crippen molar-refractivity contribution in [2.24, 2.45) is 10.7 Å². The smallest absolute Gasteiger partial charge is 0.193 e. The number of nitrogens with zero attached hydrogens (tertiary/aromatic N) is 2. The first kappa shape index (κ1) is 17.7. The number of rotatable bonds is 5. The van der Waals surface area contributed by atoms with Gasteiger partial charge in [0.05, 0.1) is 12.2 Å². The first-order chi connectivity index (χ1) is 12.6. The number of hydrogen-bond acceptors (Lipinski definition) is 2. The number of guanidine groups is 1. The highest BCUT2D eigenvalue weighted by molar-refractivity contribution is 5.92. The predicted molar refractivity (Wildman–Crippen MR) is 109 cm³/mol. The quantitative estimate of drug-likeness (QED) is 0.516. The van der Waals surface area contributed by atoms with Crippen LogP contribution < -0.4 is 11.1 Å². The van der Waals surface area contributed by atoms with Gasteiger partial charge < -0.3 is 11.1 Å². The van der Waals surface area contributed by atoms with Gasteiger partial charge in [0, 0.05) is 17.4 Å². The molecule has 3 aromatic rings. The van der Waals surface area contributed by atoms with Crippen molar-refractivity contribution < 1.29 is 0 Å². The van der Waals surface area contributed by atoms with E-state index in [9.17, 15) is 0 Å². The van der Waals surface area contributed by atoms with Gasteiger partial charge in [0.2, 0.25) is 0 Å². The Balaban J connectivity index is 1.69. The van der Waals surface area contributed by atoms with E-state index in [1.54, 1.807) is 6.20 Å². The second-order valence-corrected chi connectivity index (χ2v) is 6.52. The number of anilines is 1. The van der Waals surface area contributed by atoms with E-state index in [-0.39, 0.29) is 0 Å². The van der Waals surface area contributed by atoms with Gasteiger partial charge in [-0.25, -0.2) is 4.99 Å². The summed E-state index contributed by atoms with van der Waals surface area (Å²) in [5.74, 6) is 0.887. The maximum absolute atomic E-state index is 6.06. The molecule has 0 bridgehead atoms. The molecule has 1 heterocycles. The van der Waals surface area contributed by atoms with Crippen LogP contribution >= 0.6 is 0 Å². The Labute approximate surface area is 154 Å². The Morgan fingerprint density at radius 1 is 1.04 bits per heavy atom. The number of nitrogens with two attached hydrogens (primary N) is 1. The lowest BCUT2D eigenvalue weighted by atomic mass is 10.0. The normalized spacial score (nSPS) is 11.6. The van der Waals surface area contributed by atoms with Crippen molar-refractivity contribution in [2.75, 3.05) is 5.32 Å². The Morgan fingerprint density at radius 3 is 2.65 bits per heavy atom. The summed E-state index contributed by atoms with van der Waals surface area (Å²) in [6, 6.07) is 22.4. The minimum Gasteiger partial charge on any atom is -0.370 e. The van der Waals surface area contributed by atoms with Crippen LogP contribution in [0.4, 0.5) is 5.69 Å². The molecule has 0 radical (unpaired) electrons. The summed E-state index contributed by atoms with van der Waals surface area (Å²) in [4.78, 5) is 8.85. The second kappa shape index (κ2) is 8.30. The number of hydrogen-bond donors (Lipinski definition) is 2. The second-order valence-electron chi connectivity index (χ2n) is 6.52. The lowest BCUT2D eigenvalue weighted by molar-refractivity contribution is 0.867. The molecule has 0 saturated carbocycles. The van der Waals surface area contributed by atoms with E-state index in [0.717, 1.165) is 22.5 Å². The van der Waals surface area contributed by atoms with Crippen molar-refractivity contribution in [1.82, 2.24) is 4.98 Å². The summed E-state index contributed by atoms with van der Waals surface area (Å²) in [6.07, 6.45) is 1.80. The van der Waals surface area contributed by atoms with E-state index < -0.39 is 0 Å². The molecule has 1 aromatic heterocycles. The number of pyridine rings is 1. The van der Waals surface area contributed by atoms with Crippen LogP contribution in [-0.4, -0.2) is 10.9 Å². The highest BCUT2D eigenvalue weighted by Gasteiger charge is 2.02. The molecule has 0 amide bonds. The Hall–Kier alpha value is -3.14.